The van der Waals surface area contributed by atoms with E-state index in [0.29, 0.717) is 10.9 Å². The first-order valence-electron chi connectivity index (χ1n) is 4.26. The van der Waals surface area contributed by atoms with E-state index in [1.54, 1.807) is 18.0 Å². The number of aromatic nitrogens is 1. The molecule has 15 heavy (non-hydrogen) atoms. The topological polar surface area (TPSA) is 52.0 Å². The summed E-state index contributed by atoms with van der Waals surface area (Å²) in [7, 11) is 0. The molecule has 0 fully saturated rings. The molecule has 2 aromatic rings. The Kier molecular flexibility index (Phi) is 2.88. The molecule has 2 rings (SSSR count). The maximum absolute atomic E-state index is 5.99. The molecule has 0 aliphatic heterocycles. The van der Waals surface area contributed by atoms with Crippen LogP contribution in [0.25, 0.3) is 11.1 Å². The van der Waals surface area contributed by atoms with Gasteiger partial charge in [-0.05, 0) is 30.0 Å². The van der Waals surface area contributed by atoms with Crippen molar-refractivity contribution in [3.05, 3.63) is 29.4 Å². The summed E-state index contributed by atoms with van der Waals surface area (Å²) in [5, 5.41) is 4.31. The van der Waals surface area contributed by atoms with E-state index in [9.17, 15) is 0 Å². The number of nitrogens with two attached hydrogens (primary N) is 1. The molecule has 0 atom stereocenters. The Labute approximate surface area is 96.6 Å². The van der Waals surface area contributed by atoms with Gasteiger partial charge in [-0.15, -0.1) is 11.8 Å². The molecule has 2 N–H and O–H groups in total. The van der Waals surface area contributed by atoms with Crippen molar-refractivity contribution in [3.8, 4) is 11.1 Å². The van der Waals surface area contributed by atoms with E-state index >= 15 is 0 Å². The molecular weight excluding hydrogens is 232 g/mol. The number of anilines is 1. The minimum absolute atomic E-state index is 0.310. The Hall–Kier alpha value is -1.13. The second kappa shape index (κ2) is 4.16. The minimum atomic E-state index is 0.310. The Bertz CT molecular complexity index is 484. The van der Waals surface area contributed by atoms with Crippen LogP contribution < -0.4 is 5.73 Å². The van der Waals surface area contributed by atoms with Gasteiger partial charge in [-0.3, -0.25) is 0 Å². The van der Waals surface area contributed by atoms with Crippen LogP contribution in [0.5, 0.6) is 0 Å². The van der Waals surface area contributed by atoms with Crippen LogP contribution in [0.15, 0.2) is 33.8 Å². The normalized spacial score (nSPS) is 10.5. The van der Waals surface area contributed by atoms with Gasteiger partial charge >= 0.3 is 0 Å². The molecule has 3 nitrogen and oxygen atoms in total. The summed E-state index contributed by atoms with van der Waals surface area (Å²) >= 11 is 7.62. The lowest BCUT2D eigenvalue weighted by Crippen LogP contribution is -1.85. The van der Waals surface area contributed by atoms with Gasteiger partial charge in [0.2, 0.25) is 5.88 Å². The average molecular weight is 241 g/mol. The number of thioether (sulfide) groups is 1. The summed E-state index contributed by atoms with van der Waals surface area (Å²) in [6.07, 6.45) is 3.58. The largest absolute Gasteiger partial charge is 0.367 e. The average Bonchev–Trinajstić information content (AvgIpc) is 2.63. The van der Waals surface area contributed by atoms with Crippen molar-refractivity contribution in [3.63, 3.8) is 0 Å². The molecule has 0 unspecified atom stereocenters. The molecule has 0 aliphatic carbocycles. The van der Waals surface area contributed by atoms with Crippen molar-refractivity contribution in [2.24, 2.45) is 0 Å². The molecule has 1 aromatic heterocycles. The second-order valence-electron chi connectivity index (χ2n) is 2.98. The molecule has 1 aromatic carbocycles. The van der Waals surface area contributed by atoms with Crippen LogP contribution in [0.1, 0.15) is 0 Å². The predicted molar refractivity (Wildman–Crippen MR) is 63.1 cm³/mol. The van der Waals surface area contributed by atoms with Crippen molar-refractivity contribution in [1.82, 2.24) is 5.16 Å². The van der Waals surface area contributed by atoms with Gasteiger partial charge in [0.05, 0.1) is 11.8 Å². The molecule has 0 saturated carbocycles. The highest BCUT2D eigenvalue weighted by Crippen LogP contribution is 2.31. The Morgan fingerprint density at radius 2 is 2.20 bits per heavy atom. The van der Waals surface area contributed by atoms with Crippen LogP contribution in [-0.4, -0.2) is 11.4 Å². The van der Waals surface area contributed by atoms with E-state index in [-0.39, 0.29) is 0 Å². The molecule has 0 amide bonds. The number of rotatable bonds is 2. The van der Waals surface area contributed by atoms with Gasteiger partial charge in [0.25, 0.3) is 0 Å². The first-order chi connectivity index (χ1) is 7.20. The van der Waals surface area contributed by atoms with Gasteiger partial charge in [0, 0.05) is 9.92 Å². The maximum atomic E-state index is 5.99. The summed E-state index contributed by atoms with van der Waals surface area (Å²) in [5.41, 5.74) is 7.33. The van der Waals surface area contributed by atoms with Gasteiger partial charge in [0.1, 0.15) is 0 Å². The first kappa shape index (κ1) is 10.4. The highest BCUT2D eigenvalue weighted by molar-refractivity contribution is 7.98. The number of nitrogen functional groups attached to an aromatic ring is 1. The van der Waals surface area contributed by atoms with Gasteiger partial charge in [-0.2, -0.15) is 0 Å². The maximum Gasteiger partial charge on any atom is 0.229 e. The van der Waals surface area contributed by atoms with E-state index < -0.39 is 0 Å². The first-order valence-corrected chi connectivity index (χ1v) is 5.86. The van der Waals surface area contributed by atoms with Gasteiger partial charge < -0.3 is 10.3 Å². The predicted octanol–water partition coefficient (Wildman–Crippen LogP) is 3.30. The fourth-order valence-corrected chi connectivity index (χ4v) is 2.09. The molecule has 5 heteroatoms. The Morgan fingerprint density at radius 1 is 1.40 bits per heavy atom. The van der Waals surface area contributed by atoms with E-state index in [0.717, 1.165) is 16.0 Å². The van der Waals surface area contributed by atoms with Crippen LogP contribution in [-0.2, 0) is 0 Å². The molecule has 0 aliphatic rings. The standard InChI is InChI=1S/C10H9ClN2OS/c1-15-8-3-6(2-7(11)4-8)9-5-13-14-10(9)12/h2-5H,12H2,1H3. The van der Waals surface area contributed by atoms with Crippen LogP contribution in [0, 0.1) is 0 Å². The van der Waals surface area contributed by atoms with E-state index in [1.165, 1.54) is 0 Å². The molecule has 0 saturated heterocycles. The molecule has 1 heterocycles. The molecule has 0 spiro atoms. The van der Waals surface area contributed by atoms with Crippen LogP contribution in [0.2, 0.25) is 5.02 Å². The lowest BCUT2D eigenvalue weighted by atomic mass is 10.1. The third-order valence-corrected chi connectivity index (χ3v) is 2.94. The summed E-state index contributed by atoms with van der Waals surface area (Å²) in [5.74, 6) is 0.310. The third-order valence-electron chi connectivity index (χ3n) is 2.02. The highest BCUT2D eigenvalue weighted by atomic mass is 35.5. The third kappa shape index (κ3) is 2.11. The minimum Gasteiger partial charge on any atom is -0.367 e. The Morgan fingerprint density at radius 3 is 2.80 bits per heavy atom. The van der Waals surface area contributed by atoms with Gasteiger partial charge in [-0.25, -0.2) is 0 Å². The summed E-state index contributed by atoms with van der Waals surface area (Å²) in [4.78, 5) is 1.08. The summed E-state index contributed by atoms with van der Waals surface area (Å²) in [6.45, 7) is 0. The number of benzene rings is 1. The number of hydrogen-bond donors (Lipinski definition) is 1. The summed E-state index contributed by atoms with van der Waals surface area (Å²) < 4.78 is 4.81. The highest BCUT2D eigenvalue weighted by Gasteiger charge is 2.08. The van der Waals surface area contributed by atoms with Gasteiger partial charge in [-0.1, -0.05) is 16.8 Å². The van der Waals surface area contributed by atoms with Crippen molar-refractivity contribution >= 4 is 29.2 Å². The van der Waals surface area contributed by atoms with Crippen LogP contribution in [0.3, 0.4) is 0 Å². The second-order valence-corrected chi connectivity index (χ2v) is 4.30. The van der Waals surface area contributed by atoms with Crippen LogP contribution >= 0.6 is 23.4 Å². The zero-order valence-corrected chi connectivity index (χ0v) is 9.60. The molecule has 0 radical (unpaired) electrons. The fourth-order valence-electron chi connectivity index (χ4n) is 1.30. The van der Waals surface area contributed by atoms with Crippen molar-refractivity contribution in [2.45, 2.75) is 4.90 Å². The monoisotopic (exact) mass is 240 g/mol. The molecule has 0 bridgehead atoms. The fraction of sp³-hybridized carbons (Fsp3) is 0.100. The quantitative estimate of drug-likeness (QED) is 0.819. The van der Waals surface area contributed by atoms with Gasteiger partial charge in [0.15, 0.2) is 0 Å². The lowest BCUT2D eigenvalue weighted by molar-refractivity contribution is 0.436. The zero-order chi connectivity index (χ0) is 10.8. The zero-order valence-electron chi connectivity index (χ0n) is 8.03. The SMILES string of the molecule is CSc1cc(Cl)cc(-c2cnoc2N)c1. The number of nitrogens with zero attached hydrogens (tertiary/aromatic N) is 1. The van der Waals surface area contributed by atoms with Crippen molar-refractivity contribution in [2.75, 3.05) is 12.0 Å². The van der Waals surface area contributed by atoms with Crippen molar-refractivity contribution < 1.29 is 4.52 Å². The number of halogens is 1. The van der Waals surface area contributed by atoms with E-state index in [4.69, 9.17) is 21.9 Å². The lowest BCUT2D eigenvalue weighted by Gasteiger charge is -2.02. The molecular formula is C10H9ClN2OS. The Balaban J connectivity index is 2.53. The molecule has 78 valence electrons. The smallest absolute Gasteiger partial charge is 0.229 e. The van der Waals surface area contributed by atoms with Crippen LogP contribution in [0.4, 0.5) is 5.88 Å². The summed E-state index contributed by atoms with van der Waals surface area (Å²) in [6, 6.07) is 5.74. The number of hydrogen-bond acceptors (Lipinski definition) is 4. The van der Waals surface area contributed by atoms with E-state index in [2.05, 4.69) is 5.16 Å². The van der Waals surface area contributed by atoms with Crippen molar-refractivity contribution in [1.29, 1.82) is 0 Å². The van der Waals surface area contributed by atoms with E-state index in [1.807, 2.05) is 24.5 Å².